The predicted molar refractivity (Wildman–Crippen MR) is 119 cm³/mol. The molecular weight excluding hydrogens is 382 g/mol. The van der Waals surface area contributed by atoms with Crippen LogP contribution >= 0.6 is 11.3 Å². The van der Waals surface area contributed by atoms with E-state index < -0.39 is 0 Å². The summed E-state index contributed by atoms with van der Waals surface area (Å²) in [5, 5.41) is 7.70. The van der Waals surface area contributed by atoms with E-state index in [0.717, 1.165) is 36.5 Å². The summed E-state index contributed by atoms with van der Waals surface area (Å²) in [6, 6.07) is 11.2. The van der Waals surface area contributed by atoms with Crippen molar-refractivity contribution in [2.24, 2.45) is 0 Å². The van der Waals surface area contributed by atoms with Crippen LogP contribution in [0, 0.1) is 6.92 Å². The number of amides is 2. The van der Waals surface area contributed by atoms with Crippen molar-refractivity contribution in [3.05, 3.63) is 63.5 Å². The Morgan fingerprint density at radius 3 is 2.69 bits per heavy atom. The van der Waals surface area contributed by atoms with Gasteiger partial charge in [-0.1, -0.05) is 30.2 Å². The standard InChI is InChI=1S/C23H29N3O2S/c1-18-8-5-9-19(16-18)22(27)25-21(17-20-10-6-15-29-20)23(28)24-11-7-14-26-12-3-2-4-13-26/h5-6,8-10,15-17H,2-4,7,11-14H2,1H3,(H,24,28)(H,25,27)/b21-17-. The molecule has 0 unspecified atom stereocenters. The Balaban J connectivity index is 1.59. The van der Waals surface area contributed by atoms with E-state index in [1.165, 1.54) is 30.6 Å². The van der Waals surface area contributed by atoms with E-state index in [1.54, 1.807) is 12.1 Å². The van der Waals surface area contributed by atoms with Gasteiger partial charge in [0.2, 0.25) is 0 Å². The quantitative estimate of drug-likeness (QED) is 0.513. The second-order valence-corrected chi connectivity index (χ2v) is 8.39. The van der Waals surface area contributed by atoms with E-state index in [2.05, 4.69) is 15.5 Å². The molecule has 3 rings (SSSR count). The zero-order chi connectivity index (χ0) is 20.5. The fraction of sp³-hybridized carbons (Fsp3) is 0.391. The lowest BCUT2D eigenvalue weighted by molar-refractivity contribution is -0.117. The van der Waals surface area contributed by atoms with E-state index in [9.17, 15) is 9.59 Å². The summed E-state index contributed by atoms with van der Waals surface area (Å²) in [6.07, 6.45) is 6.50. The minimum absolute atomic E-state index is 0.252. The van der Waals surface area contributed by atoms with Gasteiger partial charge in [-0.05, 0) is 75.5 Å². The molecule has 5 nitrogen and oxygen atoms in total. The third kappa shape index (κ3) is 6.84. The zero-order valence-electron chi connectivity index (χ0n) is 16.9. The van der Waals surface area contributed by atoms with Gasteiger partial charge in [0.15, 0.2) is 0 Å². The average molecular weight is 412 g/mol. The van der Waals surface area contributed by atoms with Crippen LogP contribution in [0.25, 0.3) is 6.08 Å². The lowest BCUT2D eigenvalue weighted by atomic mass is 10.1. The summed E-state index contributed by atoms with van der Waals surface area (Å²) >= 11 is 1.53. The molecule has 0 bridgehead atoms. The summed E-state index contributed by atoms with van der Waals surface area (Å²) in [6.45, 7) is 5.85. The Morgan fingerprint density at radius 2 is 1.97 bits per heavy atom. The monoisotopic (exact) mass is 411 g/mol. The highest BCUT2D eigenvalue weighted by molar-refractivity contribution is 7.10. The molecule has 0 saturated carbocycles. The number of thiophene rings is 1. The molecule has 154 valence electrons. The Morgan fingerprint density at radius 1 is 1.14 bits per heavy atom. The van der Waals surface area contributed by atoms with Gasteiger partial charge < -0.3 is 15.5 Å². The first kappa shape index (κ1) is 21.3. The second kappa shape index (κ2) is 10.9. The molecule has 29 heavy (non-hydrogen) atoms. The van der Waals surface area contributed by atoms with Crippen molar-refractivity contribution in [1.82, 2.24) is 15.5 Å². The maximum Gasteiger partial charge on any atom is 0.267 e. The number of carbonyl (C=O) groups is 2. The number of rotatable bonds is 8. The number of piperidine rings is 1. The molecule has 2 aromatic rings. The van der Waals surface area contributed by atoms with Gasteiger partial charge >= 0.3 is 0 Å². The summed E-state index contributed by atoms with van der Waals surface area (Å²) in [5.74, 6) is -0.530. The molecule has 1 aliphatic rings. The van der Waals surface area contributed by atoms with Gasteiger partial charge in [0.1, 0.15) is 5.70 Å². The molecule has 1 saturated heterocycles. The summed E-state index contributed by atoms with van der Waals surface area (Å²) < 4.78 is 0. The number of likely N-dealkylation sites (tertiary alicyclic amines) is 1. The molecule has 2 heterocycles. The molecule has 0 atom stereocenters. The van der Waals surface area contributed by atoms with Crippen LogP contribution in [0.15, 0.2) is 47.5 Å². The number of aryl methyl sites for hydroxylation is 1. The lowest BCUT2D eigenvalue weighted by Gasteiger charge is -2.26. The average Bonchev–Trinajstić information content (AvgIpc) is 3.24. The first-order chi connectivity index (χ1) is 14.1. The van der Waals surface area contributed by atoms with Crippen LogP contribution in [0.3, 0.4) is 0 Å². The first-order valence-corrected chi connectivity index (χ1v) is 11.1. The van der Waals surface area contributed by atoms with Crippen molar-refractivity contribution in [3.63, 3.8) is 0 Å². The van der Waals surface area contributed by atoms with Gasteiger partial charge in [-0.2, -0.15) is 0 Å². The first-order valence-electron chi connectivity index (χ1n) is 10.3. The van der Waals surface area contributed by atoms with E-state index in [1.807, 2.05) is 42.6 Å². The summed E-state index contributed by atoms with van der Waals surface area (Å²) in [4.78, 5) is 28.8. The van der Waals surface area contributed by atoms with Crippen molar-refractivity contribution < 1.29 is 9.59 Å². The van der Waals surface area contributed by atoms with Crippen molar-refractivity contribution in [2.45, 2.75) is 32.6 Å². The van der Waals surface area contributed by atoms with Crippen molar-refractivity contribution in [1.29, 1.82) is 0 Å². The fourth-order valence-corrected chi connectivity index (χ4v) is 4.09. The predicted octanol–water partition coefficient (Wildman–Crippen LogP) is 3.82. The Labute approximate surface area is 176 Å². The van der Waals surface area contributed by atoms with E-state index in [4.69, 9.17) is 0 Å². The maximum absolute atomic E-state index is 12.8. The maximum atomic E-state index is 12.8. The number of nitrogens with zero attached hydrogens (tertiary/aromatic N) is 1. The highest BCUT2D eigenvalue weighted by Gasteiger charge is 2.15. The molecule has 1 aromatic carbocycles. The smallest absolute Gasteiger partial charge is 0.267 e. The van der Waals surface area contributed by atoms with Crippen molar-refractivity contribution in [2.75, 3.05) is 26.2 Å². The molecule has 0 spiro atoms. The van der Waals surface area contributed by atoms with Gasteiger partial charge in [0.05, 0.1) is 0 Å². The molecule has 0 radical (unpaired) electrons. The third-order valence-corrected chi connectivity index (χ3v) is 5.81. The minimum Gasteiger partial charge on any atom is -0.351 e. The topological polar surface area (TPSA) is 61.4 Å². The third-order valence-electron chi connectivity index (χ3n) is 4.99. The van der Waals surface area contributed by atoms with Gasteiger partial charge in [-0.3, -0.25) is 9.59 Å². The van der Waals surface area contributed by atoms with E-state index >= 15 is 0 Å². The van der Waals surface area contributed by atoms with Crippen molar-refractivity contribution >= 4 is 29.2 Å². The normalized spacial score (nSPS) is 15.1. The second-order valence-electron chi connectivity index (χ2n) is 7.41. The molecule has 2 N–H and O–H groups in total. The van der Waals surface area contributed by atoms with Gasteiger partial charge in [-0.15, -0.1) is 11.3 Å². The van der Waals surface area contributed by atoms with E-state index in [-0.39, 0.29) is 17.5 Å². The van der Waals surface area contributed by atoms with Crippen LogP contribution in [-0.2, 0) is 4.79 Å². The highest BCUT2D eigenvalue weighted by Crippen LogP contribution is 2.14. The molecule has 0 aliphatic carbocycles. The lowest BCUT2D eigenvalue weighted by Crippen LogP contribution is -2.37. The van der Waals surface area contributed by atoms with Gasteiger partial charge in [-0.25, -0.2) is 0 Å². The van der Waals surface area contributed by atoms with Crippen LogP contribution in [0.5, 0.6) is 0 Å². The molecule has 6 heteroatoms. The minimum atomic E-state index is -0.278. The summed E-state index contributed by atoms with van der Waals surface area (Å²) in [7, 11) is 0. The molecule has 1 fully saturated rings. The van der Waals surface area contributed by atoms with E-state index in [0.29, 0.717) is 12.1 Å². The fourth-order valence-electron chi connectivity index (χ4n) is 3.44. The van der Waals surface area contributed by atoms with Crippen LogP contribution in [0.2, 0.25) is 0 Å². The van der Waals surface area contributed by atoms with Crippen LogP contribution < -0.4 is 10.6 Å². The number of hydrogen-bond acceptors (Lipinski definition) is 4. The Hall–Kier alpha value is -2.44. The largest absolute Gasteiger partial charge is 0.351 e. The Kier molecular flexibility index (Phi) is 8.02. The van der Waals surface area contributed by atoms with Gasteiger partial charge in [0.25, 0.3) is 11.8 Å². The van der Waals surface area contributed by atoms with Gasteiger partial charge in [0, 0.05) is 17.0 Å². The van der Waals surface area contributed by atoms with Crippen molar-refractivity contribution in [3.8, 4) is 0 Å². The number of carbonyl (C=O) groups excluding carboxylic acids is 2. The van der Waals surface area contributed by atoms with Crippen LogP contribution in [0.1, 0.15) is 46.5 Å². The van der Waals surface area contributed by atoms with Crippen LogP contribution in [0.4, 0.5) is 0 Å². The summed E-state index contributed by atoms with van der Waals surface area (Å²) in [5.41, 5.74) is 1.82. The zero-order valence-corrected chi connectivity index (χ0v) is 17.8. The molecule has 1 aliphatic heterocycles. The number of benzene rings is 1. The SMILES string of the molecule is Cc1cccc(C(=O)N/C(=C\c2cccs2)C(=O)NCCCN2CCCCC2)c1. The molecule has 2 amide bonds. The number of nitrogens with one attached hydrogen (secondary N) is 2. The molecular formula is C23H29N3O2S. The molecule has 1 aromatic heterocycles. The van der Waals surface area contributed by atoms with Crippen LogP contribution in [-0.4, -0.2) is 42.9 Å². The Bertz CT molecular complexity index is 840. The number of hydrogen-bond donors (Lipinski definition) is 2. The highest BCUT2D eigenvalue weighted by atomic mass is 32.1.